The molecule has 0 aliphatic heterocycles. The van der Waals surface area contributed by atoms with Gasteiger partial charge in [-0.25, -0.2) is 5.43 Å². The van der Waals surface area contributed by atoms with E-state index < -0.39 is 0 Å². The van der Waals surface area contributed by atoms with Crippen LogP contribution in [0.1, 0.15) is 11.1 Å². The van der Waals surface area contributed by atoms with Gasteiger partial charge >= 0.3 is 0 Å². The van der Waals surface area contributed by atoms with Crippen LogP contribution in [-0.2, 0) is 0 Å². The average molecular weight is 470 g/mol. The Bertz CT molecular complexity index is 1130. The second-order valence-corrected chi connectivity index (χ2v) is 6.53. The molecule has 1 heterocycles. The molecular weight excluding hydrogens is 444 g/mol. The summed E-state index contributed by atoms with van der Waals surface area (Å²) in [5, 5.41) is 16.4. The molecule has 0 unspecified atom stereocenters. The summed E-state index contributed by atoms with van der Waals surface area (Å²) in [6, 6.07) is 7.07. The fraction of sp³-hybridized carbons (Fsp3) is 0.273. The molecule has 180 valence electrons. The first-order valence-corrected chi connectivity index (χ1v) is 9.91. The number of nitrogens with zero attached hydrogens (tertiary/aromatic N) is 5. The zero-order chi connectivity index (χ0) is 24.5. The first-order chi connectivity index (χ1) is 16.6. The first kappa shape index (κ1) is 24.2. The van der Waals surface area contributed by atoms with Crippen LogP contribution in [0.2, 0.25) is 0 Å². The highest BCUT2D eigenvalue weighted by atomic mass is 16.5. The Morgan fingerprint density at radius 1 is 0.706 bits per heavy atom. The number of aromatic nitrogens is 3. The molecule has 0 saturated heterocycles. The molecule has 0 spiro atoms. The summed E-state index contributed by atoms with van der Waals surface area (Å²) in [6.07, 6.45) is 4.61. The lowest BCUT2D eigenvalue weighted by atomic mass is 10.2. The molecule has 0 fully saturated rings. The molecule has 3 aromatic rings. The standard InChI is InChI=1S/C22H26N6O6/c1-29-16-7-14(8-17(30-2)20(16)33-5)11-23-26-22-27-24-13-28(22)25-12-15-9-18(31-3)21(34-6)19(10-15)32-4/h7-13H,1-6H3,(H,26,27)/b23-11?,25-12+. The van der Waals surface area contributed by atoms with Crippen LogP contribution in [0.3, 0.4) is 0 Å². The smallest absolute Gasteiger partial charge is 0.265 e. The topological polar surface area (TPSA) is 123 Å². The molecule has 0 radical (unpaired) electrons. The van der Waals surface area contributed by atoms with Gasteiger partial charge < -0.3 is 28.4 Å². The minimum Gasteiger partial charge on any atom is -0.493 e. The summed E-state index contributed by atoms with van der Waals surface area (Å²) in [7, 11) is 9.27. The lowest BCUT2D eigenvalue weighted by molar-refractivity contribution is 0.324. The van der Waals surface area contributed by atoms with Crippen LogP contribution < -0.4 is 33.8 Å². The monoisotopic (exact) mass is 470 g/mol. The molecule has 0 aliphatic rings. The third kappa shape index (κ3) is 5.28. The number of ether oxygens (including phenoxy) is 6. The molecule has 0 atom stereocenters. The molecule has 0 bridgehead atoms. The third-order valence-corrected chi connectivity index (χ3v) is 4.61. The zero-order valence-electron chi connectivity index (χ0n) is 19.7. The Labute approximate surface area is 196 Å². The van der Waals surface area contributed by atoms with Crippen molar-refractivity contribution in [3.05, 3.63) is 41.7 Å². The van der Waals surface area contributed by atoms with Crippen molar-refractivity contribution in [1.82, 2.24) is 14.9 Å². The van der Waals surface area contributed by atoms with E-state index in [-0.39, 0.29) is 0 Å². The minimum absolute atomic E-state index is 0.299. The van der Waals surface area contributed by atoms with Gasteiger partial charge in [-0.3, -0.25) is 0 Å². The van der Waals surface area contributed by atoms with Crippen LogP contribution in [0.25, 0.3) is 0 Å². The van der Waals surface area contributed by atoms with E-state index in [9.17, 15) is 0 Å². The number of hydrogen-bond acceptors (Lipinski definition) is 11. The van der Waals surface area contributed by atoms with E-state index in [1.807, 2.05) is 0 Å². The fourth-order valence-corrected chi connectivity index (χ4v) is 3.03. The second kappa shape index (κ2) is 11.4. The van der Waals surface area contributed by atoms with Crippen LogP contribution in [-0.4, -0.2) is 70.0 Å². The molecule has 2 aromatic carbocycles. The fourth-order valence-electron chi connectivity index (χ4n) is 3.03. The van der Waals surface area contributed by atoms with Crippen LogP contribution >= 0.6 is 0 Å². The molecule has 3 rings (SSSR count). The van der Waals surface area contributed by atoms with Crippen LogP contribution in [0, 0.1) is 0 Å². The average Bonchev–Trinajstić information content (AvgIpc) is 3.33. The van der Waals surface area contributed by atoms with Gasteiger partial charge in [0, 0.05) is 11.1 Å². The summed E-state index contributed by atoms with van der Waals surface area (Å²) in [5.74, 6) is 3.35. The summed E-state index contributed by atoms with van der Waals surface area (Å²) < 4.78 is 33.5. The Morgan fingerprint density at radius 3 is 1.62 bits per heavy atom. The zero-order valence-corrected chi connectivity index (χ0v) is 19.7. The highest BCUT2D eigenvalue weighted by Crippen LogP contribution is 2.38. The molecule has 1 aromatic heterocycles. The van der Waals surface area contributed by atoms with E-state index >= 15 is 0 Å². The van der Waals surface area contributed by atoms with Crippen molar-refractivity contribution in [2.75, 3.05) is 48.1 Å². The van der Waals surface area contributed by atoms with Gasteiger partial charge in [0.1, 0.15) is 6.33 Å². The Morgan fingerprint density at radius 2 is 1.18 bits per heavy atom. The van der Waals surface area contributed by atoms with Gasteiger partial charge in [0.05, 0.1) is 55.1 Å². The maximum atomic E-state index is 5.37. The maximum absolute atomic E-state index is 5.37. The van der Waals surface area contributed by atoms with E-state index in [1.54, 1.807) is 79.4 Å². The van der Waals surface area contributed by atoms with Gasteiger partial charge in [-0.1, -0.05) is 0 Å². The normalized spacial score (nSPS) is 11.0. The number of rotatable bonds is 11. The van der Waals surface area contributed by atoms with E-state index in [2.05, 4.69) is 25.8 Å². The van der Waals surface area contributed by atoms with Crippen molar-refractivity contribution in [2.24, 2.45) is 10.2 Å². The molecular formula is C22H26N6O6. The van der Waals surface area contributed by atoms with Crippen molar-refractivity contribution in [2.45, 2.75) is 0 Å². The Kier molecular flexibility index (Phi) is 8.11. The maximum Gasteiger partial charge on any atom is 0.265 e. The summed E-state index contributed by atoms with van der Waals surface area (Å²) in [6.45, 7) is 0. The lowest BCUT2D eigenvalue weighted by Crippen LogP contribution is -2.01. The Balaban J connectivity index is 1.79. The lowest BCUT2D eigenvalue weighted by Gasteiger charge is -2.12. The van der Waals surface area contributed by atoms with Crippen LogP contribution in [0.4, 0.5) is 5.95 Å². The molecule has 0 saturated carbocycles. The van der Waals surface area contributed by atoms with E-state index in [0.29, 0.717) is 46.0 Å². The quantitative estimate of drug-likeness (QED) is 0.333. The SMILES string of the molecule is COc1cc(C=NNc2nncn2/N=C/c2cc(OC)c(OC)c(OC)c2)cc(OC)c1OC. The molecule has 0 aliphatic carbocycles. The molecule has 1 N–H and O–H groups in total. The molecule has 12 heteroatoms. The van der Waals surface area contributed by atoms with Gasteiger partial charge in [-0.05, 0) is 24.3 Å². The van der Waals surface area contributed by atoms with Gasteiger partial charge in [0.25, 0.3) is 5.95 Å². The number of anilines is 1. The number of hydrazone groups is 1. The minimum atomic E-state index is 0.299. The van der Waals surface area contributed by atoms with Crippen LogP contribution in [0.5, 0.6) is 34.5 Å². The van der Waals surface area contributed by atoms with Gasteiger partial charge in [-0.15, -0.1) is 10.2 Å². The van der Waals surface area contributed by atoms with Gasteiger partial charge in [0.2, 0.25) is 11.5 Å². The van der Waals surface area contributed by atoms with E-state index in [1.165, 1.54) is 11.0 Å². The highest BCUT2D eigenvalue weighted by molar-refractivity contribution is 5.83. The summed E-state index contributed by atoms with van der Waals surface area (Å²) in [5.41, 5.74) is 4.24. The van der Waals surface area contributed by atoms with Crippen molar-refractivity contribution in [1.29, 1.82) is 0 Å². The summed E-state index contributed by atoms with van der Waals surface area (Å²) >= 11 is 0. The third-order valence-electron chi connectivity index (χ3n) is 4.61. The van der Waals surface area contributed by atoms with Gasteiger partial charge in [-0.2, -0.15) is 14.9 Å². The van der Waals surface area contributed by atoms with Crippen LogP contribution in [0.15, 0.2) is 40.8 Å². The van der Waals surface area contributed by atoms with Crippen molar-refractivity contribution in [3.63, 3.8) is 0 Å². The second-order valence-electron chi connectivity index (χ2n) is 6.53. The van der Waals surface area contributed by atoms with Gasteiger partial charge in [0.15, 0.2) is 23.0 Å². The predicted molar refractivity (Wildman–Crippen MR) is 126 cm³/mol. The number of nitrogens with one attached hydrogen (secondary N) is 1. The number of benzene rings is 2. The molecule has 0 amide bonds. The number of methoxy groups -OCH3 is 6. The Hall–Kier alpha value is -4.48. The van der Waals surface area contributed by atoms with E-state index in [0.717, 1.165) is 5.56 Å². The highest BCUT2D eigenvalue weighted by Gasteiger charge is 2.13. The summed E-state index contributed by atoms with van der Waals surface area (Å²) in [4.78, 5) is 0. The van der Waals surface area contributed by atoms with E-state index in [4.69, 9.17) is 28.4 Å². The largest absolute Gasteiger partial charge is 0.493 e. The predicted octanol–water partition coefficient (Wildman–Crippen LogP) is 2.66. The van der Waals surface area contributed by atoms with Crippen molar-refractivity contribution >= 4 is 18.4 Å². The molecule has 12 nitrogen and oxygen atoms in total. The van der Waals surface area contributed by atoms with Crippen molar-refractivity contribution in [3.8, 4) is 34.5 Å². The van der Waals surface area contributed by atoms with Crippen molar-refractivity contribution < 1.29 is 28.4 Å². The number of hydrogen-bond donors (Lipinski definition) is 1. The first-order valence-electron chi connectivity index (χ1n) is 9.91. The molecule has 34 heavy (non-hydrogen) atoms.